The first-order chi connectivity index (χ1) is 29.2. The minimum Gasteiger partial charge on any atom is -0.459 e. The van der Waals surface area contributed by atoms with E-state index in [1.807, 2.05) is 31.0 Å². The molecule has 1 saturated carbocycles. The van der Waals surface area contributed by atoms with Gasteiger partial charge in [-0.15, -0.1) is 6.58 Å². The quantitative estimate of drug-likeness (QED) is 0.0388. The zero-order valence-electron chi connectivity index (χ0n) is 36.2. The van der Waals surface area contributed by atoms with Crippen molar-refractivity contribution in [2.45, 2.75) is 141 Å². The van der Waals surface area contributed by atoms with E-state index in [1.54, 1.807) is 24.3 Å². The Morgan fingerprint density at radius 1 is 0.967 bits per heavy atom. The third-order valence-corrected chi connectivity index (χ3v) is 12.6. The number of nitrogens with zero attached hydrogens (tertiary/aromatic N) is 3. The zero-order valence-corrected chi connectivity index (χ0v) is 36.2. The molecule has 6 atom stereocenters. The van der Waals surface area contributed by atoms with Crippen LogP contribution >= 0.6 is 0 Å². The van der Waals surface area contributed by atoms with E-state index < -0.39 is 22.7 Å². The normalized spacial score (nSPS) is 23.5. The van der Waals surface area contributed by atoms with Gasteiger partial charge in [-0.3, -0.25) is 14.9 Å². The van der Waals surface area contributed by atoms with Crippen LogP contribution in [-0.4, -0.2) is 77.0 Å². The topological polar surface area (TPSA) is 153 Å². The second-order valence-corrected chi connectivity index (χ2v) is 16.6. The molecule has 1 aliphatic heterocycles. The van der Waals surface area contributed by atoms with Crippen molar-refractivity contribution in [1.82, 2.24) is 4.90 Å². The van der Waals surface area contributed by atoms with E-state index in [-0.39, 0.29) is 49.2 Å². The third kappa shape index (κ3) is 11.6. The van der Waals surface area contributed by atoms with Crippen LogP contribution in [0.5, 0.6) is 17.2 Å². The first-order valence-corrected chi connectivity index (χ1v) is 22.6. The van der Waals surface area contributed by atoms with Crippen molar-refractivity contribution < 1.29 is 39.0 Å². The van der Waals surface area contributed by atoms with Crippen LogP contribution in [0.4, 0.5) is 5.69 Å². The molecule has 2 aromatic carbocycles. The van der Waals surface area contributed by atoms with Crippen LogP contribution in [0, 0.1) is 27.9 Å². The number of nitro benzene ring substituents is 1. The highest BCUT2D eigenvalue weighted by molar-refractivity contribution is 6.03. The number of unbranched alkanes of at least 4 members (excludes halogenated alkanes) is 10. The molecule has 3 aliphatic rings. The van der Waals surface area contributed by atoms with Crippen molar-refractivity contribution in [1.29, 1.82) is 0 Å². The predicted octanol–water partition coefficient (Wildman–Crippen LogP) is 10.4. The van der Waals surface area contributed by atoms with Crippen LogP contribution in [0.1, 0.15) is 134 Å². The number of likely N-dealkylation sites (N-methyl/N-ethyl adjacent to an activating group) is 1. The van der Waals surface area contributed by atoms with Gasteiger partial charge in [-0.2, -0.15) is 0 Å². The summed E-state index contributed by atoms with van der Waals surface area (Å²) in [5.74, 6) is -0.325. The molecule has 5 rings (SSSR count). The molecule has 6 unspecified atom stereocenters. The smallest absolute Gasteiger partial charge is 0.273 e. The fraction of sp³-hybridized carbons (Fsp3) is 0.625. The van der Waals surface area contributed by atoms with E-state index >= 15 is 0 Å². The Balaban J connectivity index is 1.59. The maximum atomic E-state index is 14.3. The maximum absolute atomic E-state index is 14.3. The summed E-state index contributed by atoms with van der Waals surface area (Å²) in [7, 11) is 1.86. The average Bonchev–Trinajstić information content (AvgIpc) is 3.25. The Hall–Kier alpha value is -4.26. The molecule has 1 heterocycles. The molecule has 0 spiro atoms. The molecule has 60 heavy (non-hydrogen) atoms. The van der Waals surface area contributed by atoms with Crippen molar-refractivity contribution >= 4 is 17.3 Å². The summed E-state index contributed by atoms with van der Waals surface area (Å²) in [6.07, 6.45) is 19.9. The number of fused-ring (bicyclic) bond motifs is 2. The lowest BCUT2D eigenvalue weighted by molar-refractivity contribution is -0.384. The van der Waals surface area contributed by atoms with Gasteiger partial charge in [0.1, 0.15) is 29.9 Å². The molecule has 1 fully saturated rings. The largest absolute Gasteiger partial charge is 0.459 e. The Labute approximate surface area is 357 Å². The summed E-state index contributed by atoms with van der Waals surface area (Å²) < 4.78 is 20.5. The highest BCUT2D eigenvalue weighted by Gasteiger charge is 2.65. The molecule has 2 aliphatic carbocycles. The molecule has 0 aromatic heterocycles. The van der Waals surface area contributed by atoms with E-state index in [0.29, 0.717) is 49.5 Å². The third-order valence-electron chi connectivity index (χ3n) is 12.6. The SMILES string of the molecule is C=CCOC12Oc3ccc(Oc4cccc([N+](=O)[O-])c4)cc3C3C(CCCCO)C(CCCCO)C=C(C(=NOCC)CC1N(C)C(=O)CCCCCCCCCCC)C32. The molecule has 1 amide bonds. The molecule has 0 bridgehead atoms. The van der Waals surface area contributed by atoms with Gasteiger partial charge >= 0.3 is 0 Å². The van der Waals surface area contributed by atoms with E-state index in [2.05, 4.69) is 19.6 Å². The number of rotatable bonds is 27. The van der Waals surface area contributed by atoms with Crippen molar-refractivity contribution in [2.75, 3.05) is 33.5 Å². The number of aliphatic hydroxyl groups excluding tert-OH is 2. The Bertz CT molecular complexity index is 1760. The van der Waals surface area contributed by atoms with Crippen molar-refractivity contribution in [3.8, 4) is 17.2 Å². The van der Waals surface area contributed by atoms with Crippen LogP contribution in [0.2, 0.25) is 0 Å². The van der Waals surface area contributed by atoms with Crippen molar-refractivity contribution in [3.63, 3.8) is 0 Å². The molecule has 2 aromatic rings. The minimum absolute atomic E-state index is 0.0246. The summed E-state index contributed by atoms with van der Waals surface area (Å²) in [5.41, 5.74) is 2.57. The van der Waals surface area contributed by atoms with Crippen LogP contribution < -0.4 is 9.47 Å². The highest BCUT2D eigenvalue weighted by atomic mass is 16.7. The fourth-order valence-electron chi connectivity index (χ4n) is 9.67. The molecule has 0 saturated heterocycles. The molecular weight excluding hydrogens is 763 g/mol. The van der Waals surface area contributed by atoms with Crippen LogP contribution in [0.15, 0.2) is 71.9 Å². The zero-order chi connectivity index (χ0) is 42.9. The van der Waals surface area contributed by atoms with E-state index in [1.165, 1.54) is 50.7 Å². The van der Waals surface area contributed by atoms with Gasteiger partial charge < -0.3 is 34.2 Å². The lowest BCUT2D eigenvalue weighted by Gasteiger charge is -2.59. The summed E-state index contributed by atoms with van der Waals surface area (Å²) in [5, 5.41) is 36.1. The van der Waals surface area contributed by atoms with Crippen LogP contribution in [0.25, 0.3) is 0 Å². The first-order valence-electron chi connectivity index (χ1n) is 22.6. The van der Waals surface area contributed by atoms with Gasteiger partial charge in [0.05, 0.1) is 29.2 Å². The maximum Gasteiger partial charge on any atom is 0.273 e. The lowest BCUT2D eigenvalue weighted by atomic mass is 9.55. The van der Waals surface area contributed by atoms with Crippen molar-refractivity contribution in [3.05, 3.63) is 82.4 Å². The van der Waals surface area contributed by atoms with Gasteiger partial charge in [-0.25, -0.2) is 0 Å². The summed E-state index contributed by atoms with van der Waals surface area (Å²) in [4.78, 5) is 33.1. The van der Waals surface area contributed by atoms with Crippen LogP contribution in [-0.2, 0) is 14.4 Å². The summed E-state index contributed by atoms with van der Waals surface area (Å²) in [6, 6.07) is 11.2. The average molecular weight is 832 g/mol. The predicted molar refractivity (Wildman–Crippen MR) is 234 cm³/mol. The standard InChI is InChI=1S/C48H69N3O9/c1-5-8-9-10-11-12-13-14-15-25-45(54)50(4)44-34-42(49-58-7-3)40-31-35(21-16-18-28-52)39(24-17-19-29-53)46-41-33-38(59-37-23-20-22-36(32-37)51(55)56)26-27-43(41)60-48(44,47(40)46)57-30-6-2/h6,20,22-23,26-27,31-33,35,39,44,46-47,52-53H,2,5,7-19,21,24-25,28-30,34H2,1,3-4H3. The number of hydrogen-bond donors (Lipinski definition) is 2. The van der Waals surface area contributed by atoms with Gasteiger partial charge in [-0.05, 0) is 80.7 Å². The summed E-state index contributed by atoms with van der Waals surface area (Å²) >= 11 is 0. The number of nitro groups is 1. The second kappa shape index (κ2) is 23.7. The van der Waals surface area contributed by atoms with Crippen LogP contribution in [0.3, 0.4) is 0 Å². The Morgan fingerprint density at radius 3 is 2.35 bits per heavy atom. The molecule has 0 radical (unpaired) electrons. The fourth-order valence-corrected chi connectivity index (χ4v) is 9.67. The van der Waals surface area contributed by atoms with E-state index in [0.717, 1.165) is 61.8 Å². The van der Waals surface area contributed by atoms with Crippen molar-refractivity contribution in [2.24, 2.45) is 22.9 Å². The number of amides is 1. The number of oxime groups is 1. The van der Waals surface area contributed by atoms with Gasteiger partial charge in [0.15, 0.2) is 0 Å². The molecule has 12 heteroatoms. The number of ether oxygens (including phenoxy) is 3. The number of carbonyl (C=O) groups is 1. The number of allylic oxidation sites excluding steroid dienone is 1. The molecule has 330 valence electrons. The number of carbonyl (C=O) groups excluding carboxylic acids is 1. The number of aliphatic hydroxyl groups is 2. The Kier molecular flexibility index (Phi) is 18.5. The minimum atomic E-state index is -1.32. The monoisotopic (exact) mass is 832 g/mol. The van der Waals surface area contributed by atoms with E-state index in [9.17, 15) is 25.1 Å². The first kappa shape index (κ1) is 46.8. The number of non-ortho nitro benzene ring substituents is 1. The van der Waals surface area contributed by atoms with Gasteiger partial charge in [0.25, 0.3) is 5.69 Å². The van der Waals surface area contributed by atoms with Gasteiger partial charge in [-0.1, -0.05) is 94.5 Å². The number of benzene rings is 2. The lowest BCUT2D eigenvalue weighted by Crippen LogP contribution is -2.69. The molecule has 12 nitrogen and oxygen atoms in total. The second-order valence-electron chi connectivity index (χ2n) is 16.6. The summed E-state index contributed by atoms with van der Waals surface area (Å²) in [6.45, 7) is 8.90. The highest BCUT2D eigenvalue weighted by Crippen LogP contribution is 2.62. The van der Waals surface area contributed by atoms with E-state index in [4.69, 9.17) is 24.2 Å². The Morgan fingerprint density at radius 2 is 1.67 bits per heavy atom. The molecular formula is C48H69N3O9. The molecule has 2 N–H and O–H groups in total. The number of hydrogen-bond acceptors (Lipinski definition) is 10. The van der Waals surface area contributed by atoms with Gasteiger partial charge in [0.2, 0.25) is 11.7 Å². The van der Waals surface area contributed by atoms with Gasteiger partial charge in [0, 0.05) is 50.7 Å².